The second kappa shape index (κ2) is 8.97. The van der Waals surface area contributed by atoms with Gasteiger partial charge in [-0.05, 0) is 44.9 Å². The van der Waals surface area contributed by atoms with Crippen LogP contribution in [0.2, 0.25) is 0 Å². The molecular formula is C19H29N3O3. The first kappa shape index (κ1) is 19.4. The maximum absolute atomic E-state index is 12.6. The number of ether oxygens (including phenoxy) is 1. The Hall–Kier alpha value is -1.92. The number of benzene rings is 1. The van der Waals surface area contributed by atoms with E-state index in [1.165, 1.54) is 0 Å². The van der Waals surface area contributed by atoms with Crippen molar-refractivity contribution in [2.45, 2.75) is 58.4 Å². The highest BCUT2D eigenvalue weighted by Crippen LogP contribution is 2.15. The summed E-state index contributed by atoms with van der Waals surface area (Å²) in [6, 6.07) is 7.42. The van der Waals surface area contributed by atoms with E-state index in [4.69, 9.17) is 10.5 Å². The van der Waals surface area contributed by atoms with Crippen LogP contribution in [0, 0.1) is 0 Å². The van der Waals surface area contributed by atoms with Gasteiger partial charge in [-0.3, -0.25) is 9.59 Å². The van der Waals surface area contributed by atoms with Gasteiger partial charge in [-0.15, -0.1) is 0 Å². The van der Waals surface area contributed by atoms with Crippen molar-refractivity contribution >= 4 is 11.8 Å². The quantitative estimate of drug-likeness (QED) is 0.820. The maximum Gasteiger partial charge on any atom is 0.254 e. The zero-order valence-corrected chi connectivity index (χ0v) is 15.3. The molecule has 3 unspecified atom stereocenters. The number of amides is 2. The van der Waals surface area contributed by atoms with E-state index in [1.54, 1.807) is 0 Å². The Balaban J connectivity index is 1.86. The number of nitrogens with two attached hydrogens (primary N) is 1. The molecule has 1 aliphatic rings. The van der Waals surface area contributed by atoms with Crippen molar-refractivity contribution in [2.75, 3.05) is 13.1 Å². The molecule has 0 spiro atoms. The van der Waals surface area contributed by atoms with E-state index in [2.05, 4.69) is 5.32 Å². The molecule has 2 amide bonds. The number of carbonyl (C=O) groups excluding carboxylic acids is 2. The fourth-order valence-corrected chi connectivity index (χ4v) is 2.94. The summed E-state index contributed by atoms with van der Waals surface area (Å²) >= 11 is 0. The van der Waals surface area contributed by atoms with Crippen molar-refractivity contribution < 1.29 is 14.3 Å². The highest BCUT2D eigenvalue weighted by Gasteiger charge is 2.26. The fraction of sp³-hybridized carbons (Fsp3) is 0.579. The van der Waals surface area contributed by atoms with E-state index < -0.39 is 0 Å². The minimum atomic E-state index is -0.00579. The molecule has 1 saturated heterocycles. The Morgan fingerprint density at radius 3 is 2.40 bits per heavy atom. The lowest BCUT2D eigenvalue weighted by Crippen LogP contribution is -2.48. The molecule has 0 radical (unpaired) electrons. The van der Waals surface area contributed by atoms with Gasteiger partial charge in [0.1, 0.15) is 0 Å². The first-order chi connectivity index (χ1) is 11.8. The Kier molecular flexibility index (Phi) is 6.96. The van der Waals surface area contributed by atoms with Crippen LogP contribution in [-0.4, -0.2) is 48.1 Å². The highest BCUT2D eigenvalue weighted by molar-refractivity contribution is 5.94. The van der Waals surface area contributed by atoms with E-state index in [0.717, 1.165) is 5.56 Å². The van der Waals surface area contributed by atoms with Gasteiger partial charge in [0.15, 0.2) is 0 Å². The lowest BCUT2D eigenvalue weighted by molar-refractivity contribution is -0.121. The Labute approximate surface area is 149 Å². The van der Waals surface area contributed by atoms with E-state index in [-0.39, 0.29) is 30.1 Å². The predicted molar refractivity (Wildman–Crippen MR) is 97.1 cm³/mol. The van der Waals surface area contributed by atoms with Crippen LogP contribution in [0.3, 0.4) is 0 Å². The lowest BCUT2D eigenvalue weighted by Gasteiger charge is -2.35. The largest absolute Gasteiger partial charge is 0.372 e. The number of nitrogens with zero attached hydrogens (tertiary/aromatic N) is 1. The van der Waals surface area contributed by atoms with Crippen LogP contribution < -0.4 is 11.1 Å². The summed E-state index contributed by atoms with van der Waals surface area (Å²) in [6.45, 7) is 7.53. The van der Waals surface area contributed by atoms with Crippen LogP contribution in [-0.2, 0) is 16.1 Å². The third kappa shape index (κ3) is 6.14. The van der Waals surface area contributed by atoms with Crippen molar-refractivity contribution in [3.63, 3.8) is 0 Å². The molecule has 6 nitrogen and oxygen atoms in total. The fourth-order valence-electron chi connectivity index (χ4n) is 2.94. The van der Waals surface area contributed by atoms with E-state index >= 15 is 0 Å². The zero-order valence-electron chi connectivity index (χ0n) is 15.3. The Morgan fingerprint density at radius 1 is 1.24 bits per heavy atom. The van der Waals surface area contributed by atoms with Gasteiger partial charge in [0.05, 0.1) is 12.2 Å². The Bertz CT molecular complexity index is 576. The van der Waals surface area contributed by atoms with Crippen molar-refractivity contribution in [1.29, 1.82) is 0 Å². The van der Waals surface area contributed by atoms with Crippen molar-refractivity contribution in [2.24, 2.45) is 5.73 Å². The maximum atomic E-state index is 12.6. The molecule has 1 heterocycles. The smallest absolute Gasteiger partial charge is 0.254 e. The topological polar surface area (TPSA) is 84.7 Å². The molecular weight excluding hydrogens is 318 g/mol. The first-order valence-corrected chi connectivity index (χ1v) is 8.91. The molecule has 0 bridgehead atoms. The molecule has 1 aromatic carbocycles. The summed E-state index contributed by atoms with van der Waals surface area (Å²) in [5.74, 6) is 0.0169. The predicted octanol–water partition coefficient (Wildman–Crippen LogP) is 1.68. The SMILES string of the molecule is CC(N)CCC(=O)NCc1ccc(C(=O)N2CC(C)OC(C)C2)cc1. The van der Waals surface area contributed by atoms with Crippen LogP contribution >= 0.6 is 0 Å². The van der Waals surface area contributed by atoms with Crippen molar-refractivity contribution in [3.05, 3.63) is 35.4 Å². The average molecular weight is 347 g/mol. The van der Waals surface area contributed by atoms with Gasteiger partial charge in [0.25, 0.3) is 5.91 Å². The highest BCUT2D eigenvalue weighted by atomic mass is 16.5. The molecule has 1 aromatic rings. The van der Waals surface area contributed by atoms with Crippen LogP contribution in [0.5, 0.6) is 0 Å². The van der Waals surface area contributed by atoms with E-state index in [9.17, 15) is 9.59 Å². The van der Waals surface area contributed by atoms with Crippen LogP contribution in [0.25, 0.3) is 0 Å². The summed E-state index contributed by atoms with van der Waals surface area (Å²) in [6.07, 6.45) is 1.22. The Morgan fingerprint density at radius 2 is 1.84 bits per heavy atom. The van der Waals surface area contributed by atoms with Gasteiger partial charge in [-0.25, -0.2) is 0 Å². The molecule has 25 heavy (non-hydrogen) atoms. The second-order valence-corrected chi connectivity index (χ2v) is 6.96. The molecule has 0 saturated carbocycles. The number of carbonyl (C=O) groups is 2. The average Bonchev–Trinajstić information content (AvgIpc) is 2.57. The van der Waals surface area contributed by atoms with Gasteiger partial charge in [0.2, 0.25) is 5.91 Å². The third-order valence-corrected chi connectivity index (χ3v) is 4.22. The summed E-state index contributed by atoms with van der Waals surface area (Å²) in [5.41, 5.74) is 7.28. The number of rotatable bonds is 6. The molecule has 2 rings (SSSR count). The van der Waals surface area contributed by atoms with Crippen molar-refractivity contribution in [3.8, 4) is 0 Å². The van der Waals surface area contributed by atoms with Crippen molar-refractivity contribution in [1.82, 2.24) is 10.2 Å². The molecule has 1 aliphatic heterocycles. The summed E-state index contributed by atoms with van der Waals surface area (Å²) in [5, 5.41) is 2.87. The molecule has 0 aromatic heterocycles. The van der Waals surface area contributed by atoms with Crippen LogP contribution in [0.1, 0.15) is 49.5 Å². The standard InChI is InChI=1S/C19H29N3O3/c1-13(20)4-9-18(23)21-10-16-5-7-17(8-6-16)19(24)22-11-14(2)25-15(3)12-22/h5-8,13-15H,4,9-12,20H2,1-3H3,(H,21,23). The van der Waals surface area contributed by atoms with Gasteiger partial charge in [-0.1, -0.05) is 12.1 Å². The molecule has 138 valence electrons. The summed E-state index contributed by atoms with van der Waals surface area (Å²) < 4.78 is 5.67. The van der Waals surface area contributed by atoms with Gasteiger partial charge in [-0.2, -0.15) is 0 Å². The summed E-state index contributed by atoms with van der Waals surface area (Å²) in [4.78, 5) is 26.2. The number of hydrogen-bond donors (Lipinski definition) is 2. The number of hydrogen-bond acceptors (Lipinski definition) is 4. The van der Waals surface area contributed by atoms with Crippen LogP contribution in [0.15, 0.2) is 24.3 Å². The molecule has 3 atom stereocenters. The van der Waals surface area contributed by atoms with Gasteiger partial charge >= 0.3 is 0 Å². The van der Waals surface area contributed by atoms with Gasteiger partial charge < -0.3 is 20.7 Å². The number of nitrogens with one attached hydrogen (secondary N) is 1. The molecule has 0 aliphatic carbocycles. The lowest BCUT2D eigenvalue weighted by atomic mass is 10.1. The minimum absolute atomic E-state index is 0.00579. The van der Waals surface area contributed by atoms with Crippen LogP contribution in [0.4, 0.5) is 0 Å². The second-order valence-electron chi connectivity index (χ2n) is 6.96. The van der Waals surface area contributed by atoms with E-state index in [1.807, 2.05) is 49.9 Å². The molecule has 3 N–H and O–H groups in total. The monoisotopic (exact) mass is 347 g/mol. The van der Waals surface area contributed by atoms with E-state index in [0.29, 0.717) is 38.0 Å². The van der Waals surface area contributed by atoms with Gasteiger partial charge in [0, 0.05) is 37.7 Å². The normalized spacial score (nSPS) is 21.7. The first-order valence-electron chi connectivity index (χ1n) is 8.91. The third-order valence-electron chi connectivity index (χ3n) is 4.22. The minimum Gasteiger partial charge on any atom is -0.372 e. The molecule has 1 fully saturated rings. The zero-order chi connectivity index (χ0) is 18.4. The number of morpholine rings is 1. The molecule has 6 heteroatoms. The summed E-state index contributed by atoms with van der Waals surface area (Å²) in [7, 11) is 0.